The lowest BCUT2D eigenvalue weighted by atomic mass is 9.72. The van der Waals surface area contributed by atoms with E-state index in [4.69, 9.17) is 4.74 Å². The first-order valence-electron chi connectivity index (χ1n) is 12.9. The van der Waals surface area contributed by atoms with E-state index in [0.29, 0.717) is 5.41 Å². The number of hydrogen-bond donors (Lipinski definition) is 0. The number of benzene rings is 1. The molecule has 0 spiro atoms. The highest BCUT2D eigenvalue weighted by Gasteiger charge is 2.28. The fraction of sp³-hybridized carbons (Fsp3) is 0.714. The minimum Gasteiger partial charge on any atom is -0.378 e. The molecule has 4 heteroatoms. The molecule has 4 nitrogen and oxygen atoms in total. The summed E-state index contributed by atoms with van der Waals surface area (Å²) < 4.78 is 5.60. The Morgan fingerprint density at radius 2 is 1.69 bits per heavy atom. The van der Waals surface area contributed by atoms with Crippen LogP contribution in [0.3, 0.4) is 0 Å². The van der Waals surface area contributed by atoms with E-state index in [1.54, 1.807) is 5.57 Å². The van der Waals surface area contributed by atoms with Crippen molar-refractivity contribution in [2.24, 2.45) is 17.3 Å². The van der Waals surface area contributed by atoms with Crippen LogP contribution in [0.25, 0.3) is 5.57 Å². The summed E-state index contributed by atoms with van der Waals surface area (Å²) in [5.74, 6) is 1.53. The maximum Gasteiger partial charge on any atom is 0.0642 e. The van der Waals surface area contributed by atoms with Gasteiger partial charge in [-0.2, -0.15) is 0 Å². The first kappa shape index (κ1) is 23.6. The molecule has 0 saturated carbocycles. The third kappa shape index (κ3) is 5.69. The molecule has 1 aromatic rings. The van der Waals surface area contributed by atoms with E-state index < -0.39 is 0 Å². The van der Waals surface area contributed by atoms with Crippen LogP contribution in [0, 0.1) is 17.3 Å². The van der Waals surface area contributed by atoms with Crippen molar-refractivity contribution in [1.82, 2.24) is 4.90 Å². The van der Waals surface area contributed by atoms with Crippen molar-refractivity contribution in [3.63, 3.8) is 0 Å². The van der Waals surface area contributed by atoms with Crippen molar-refractivity contribution in [2.75, 3.05) is 68.8 Å². The predicted octanol–water partition coefficient (Wildman–Crippen LogP) is 5.53. The Morgan fingerprint density at radius 3 is 2.28 bits per heavy atom. The minimum absolute atomic E-state index is 0.396. The van der Waals surface area contributed by atoms with Gasteiger partial charge in [0.05, 0.1) is 13.2 Å². The first-order valence-corrected chi connectivity index (χ1v) is 12.9. The molecule has 1 aliphatic carbocycles. The van der Waals surface area contributed by atoms with Crippen molar-refractivity contribution < 1.29 is 4.74 Å². The Labute approximate surface area is 196 Å². The number of hydrogen-bond acceptors (Lipinski definition) is 4. The van der Waals surface area contributed by atoms with Crippen molar-refractivity contribution in [3.8, 4) is 0 Å². The normalized spacial score (nSPS) is 23.6. The number of rotatable bonds is 5. The maximum absolute atomic E-state index is 5.60. The van der Waals surface area contributed by atoms with Crippen LogP contribution >= 0.6 is 0 Å². The number of anilines is 2. The summed E-state index contributed by atoms with van der Waals surface area (Å²) in [6.07, 6.45) is 6.28. The van der Waals surface area contributed by atoms with Gasteiger partial charge in [-0.3, -0.25) is 4.90 Å². The molecule has 1 unspecified atom stereocenters. The van der Waals surface area contributed by atoms with E-state index in [0.717, 1.165) is 51.2 Å². The van der Waals surface area contributed by atoms with Crippen LogP contribution in [0.1, 0.15) is 59.4 Å². The van der Waals surface area contributed by atoms with E-state index in [1.165, 1.54) is 55.8 Å². The fourth-order valence-corrected chi connectivity index (χ4v) is 5.63. The summed E-state index contributed by atoms with van der Waals surface area (Å²) in [5, 5.41) is 0. The molecular formula is C28H45N3O. The average molecular weight is 440 g/mol. The summed E-state index contributed by atoms with van der Waals surface area (Å²) in [6.45, 7) is 21.4. The van der Waals surface area contributed by atoms with E-state index in [-0.39, 0.29) is 0 Å². The third-order valence-corrected chi connectivity index (χ3v) is 7.67. The van der Waals surface area contributed by atoms with Gasteiger partial charge in [0.2, 0.25) is 0 Å². The zero-order chi connectivity index (χ0) is 22.7. The fourth-order valence-electron chi connectivity index (χ4n) is 5.63. The van der Waals surface area contributed by atoms with E-state index in [1.807, 2.05) is 0 Å². The highest BCUT2D eigenvalue weighted by atomic mass is 16.5. The highest BCUT2D eigenvalue weighted by molar-refractivity contribution is 5.80. The molecule has 0 aromatic heterocycles. The Kier molecular flexibility index (Phi) is 7.51. The molecule has 2 saturated heterocycles. The summed E-state index contributed by atoms with van der Waals surface area (Å²) in [7, 11) is 0. The number of ether oxygens (including phenoxy) is 1. The SMILES string of the molecule is CC(C)CN1CCN(c2ccc(N3CCOCC3)cc2C2=CCC(C(C)(C)C)CC2)CC1. The van der Waals surface area contributed by atoms with Gasteiger partial charge in [0.25, 0.3) is 0 Å². The Morgan fingerprint density at radius 1 is 0.969 bits per heavy atom. The quantitative estimate of drug-likeness (QED) is 0.600. The molecule has 0 N–H and O–H groups in total. The van der Waals surface area contributed by atoms with Crippen molar-refractivity contribution in [2.45, 2.75) is 53.9 Å². The maximum atomic E-state index is 5.60. The van der Waals surface area contributed by atoms with Crippen molar-refractivity contribution in [1.29, 1.82) is 0 Å². The van der Waals surface area contributed by atoms with Gasteiger partial charge in [0, 0.05) is 62.8 Å². The molecule has 0 radical (unpaired) electrons. The van der Waals surface area contributed by atoms with Gasteiger partial charge < -0.3 is 14.5 Å². The van der Waals surface area contributed by atoms with Crippen molar-refractivity contribution in [3.05, 3.63) is 29.8 Å². The molecule has 0 bridgehead atoms. The summed E-state index contributed by atoms with van der Waals surface area (Å²) >= 11 is 0. The number of morpholine rings is 1. The smallest absolute Gasteiger partial charge is 0.0642 e. The second kappa shape index (κ2) is 10.2. The third-order valence-electron chi connectivity index (χ3n) is 7.67. The average Bonchev–Trinajstić information content (AvgIpc) is 2.79. The number of nitrogens with zero attached hydrogens (tertiary/aromatic N) is 3. The molecule has 2 aliphatic heterocycles. The zero-order valence-electron chi connectivity index (χ0n) is 21.2. The summed E-state index contributed by atoms with van der Waals surface area (Å²) in [5.41, 5.74) is 6.27. The number of allylic oxidation sites excluding steroid dienone is 2. The van der Waals surface area contributed by atoms with Gasteiger partial charge in [-0.15, -0.1) is 0 Å². The number of piperazine rings is 1. The van der Waals surface area contributed by atoms with Crippen LogP contribution in [0.15, 0.2) is 24.3 Å². The van der Waals surface area contributed by atoms with Gasteiger partial charge in [-0.05, 0) is 60.3 Å². The lowest BCUT2D eigenvalue weighted by Gasteiger charge is -2.39. The van der Waals surface area contributed by atoms with Crippen LogP contribution in [0.5, 0.6) is 0 Å². The molecule has 178 valence electrons. The highest BCUT2D eigenvalue weighted by Crippen LogP contribution is 2.42. The first-order chi connectivity index (χ1) is 15.3. The lowest BCUT2D eigenvalue weighted by molar-refractivity contribution is 0.122. The molecule has 0 amide bonds. The van der Waals surface area contributed by atoms with Gasteiger partial charge in [0.15, 0.2) is 0 Å². The monoisotopic (exact) mass is 439 g/mol. The Hall–Kier alpha value is -1.52. The second-order valence-corrected chi connectivity index (χ2v) is 11.5. The summed E-state index contributed by atoms with van der Waals surface area (Å²) in [6, 6.07) is 7.26. The molecule has 1 atom stereocenters. The molecule has 2 fully saturated rings. The van der Waals surface area contributed by atoms with Crippen LogP contribution in [-0.2, 0) is 4.74 Å². The topological polar surface area (TPSA) is 19.0 Å². The Bertz CT molecular complexity index is 780. The summed E-state index contributed by atoms with van der Waals surface area (Å²) in [4.78, 5) is 7.78. The van der Waals surface area contributed by atoms with E-state index in [9.17, 15) is 0 Å². The van der Waals surface area contributed by atoms with Crippen LogP contribution in [0.2, 0.25) is 0 Å². The molecule has 3 aliphatic rings. The van der Waals surface area contributed by atoms with E-state index in [2.05, 4.69) is 73.6 Å². The Balaban J connectivity index is 1.58. The van der Waals surface area contributed by atoms with Crippen LogP contribution < -0.4 is 9.80 Å². The second-order valence-electron chi connectivity index (χ2n) is 11.5. The van der Waals surface area contributed by atoms with Crippen LogP contribution in [-0.4, -0.2) is 63.9 Å². The van der Waals surface area contributed by atoms with Crippen molar-refractivity contribution >= 4 is 16.9 Å². The molecule has 32 heavy (non-hydrogen) atoms. The molecule has 1 aromatic carbocycles. The minimum atomic E-state index is 0.396. The zero-order valence-corrected chi connectivity index (χ0v) is 21.2. The molecular weight excluding hydrogens is 394 g/mol. The van der Waals surface area contributed by atoms with Crippen LogP contribution in [0.4, 0.5) is 11.4 Å². The largest absolute Gasteiger partial charge is 0.378 e. The van der Waals surface area contributed by atoms with Gasteiger partial charge in [-0.25, -0.2) is 0 Å². The predicted molar refractivity (Wildman–Crippen MR) is 138 cm³/mol. The van der Waals surface area contributed by atoms with E-state index >= 15 is 0 Å². The standard InChI is InChI=1S/C28H45N3O/c1-22(2)21-29-12-14-31(15-13-29)27-11-10-25(30-16-18-32-19-17-30)20-26(27)23-6-8-24(9-7-23)28(3,4)5/h6,10-11,20,22,24H,7-9,12-19,21H2,1-5H3. The van der Waals surface area contributed by atoms with Gasteiger partial charge in [0.1, 0.15) is 0 Å². The molecule has 4 rings (SSSR count). The molecule has 2 heterocycles. The van der Waals surface area contributed by atoms with Gasteiger partial charge >= 0.3 is 0 Å². The lowest BCUT2D eigenvalue weighted by Crippen LogP contribution is -2.47. The van der Waals surface area contributed by atoms with Gasteiger partial charge in [-0.1, -0.05) is 40.7 Å².